The smallest absolute Gasteiger partial charge is 0.251 e. The summed E-state index contributed by atoms with van der Waals surface area (Å²) in [7, 11) is 0. The lowest BCUT2D eigenvalue weighted by Gasteiger charge is -2.26. The quantitative estimate of drug-likeness (QED) is 0.747. The first-order valence-corrected chi connectivity index (χ1v) is 7.17. The number of ether oxygens (including phenoxy) is 1. The first-order chi connectivity index (χ1) is 9.79. The topological polar surface area (TPSA) is 67.6 Å². The van der Waals surface area contributed by atoms with Gasteiger partial charge in [-0.15, -0.1) is 0 Å². The lowest BCUT2D eigenvalue weighted by Crippen LogP contribution is -2.38. The molecule has 1 aromatic rings. The van der Waals surface area contributed by atoms with E-state index in [4.69, 9.17) is 10.5 Å². The summed E-state index contributed by atoms with van der Waals surface area (Å²) in [5, 5.41) is 2.95. The average molecular weight is 277 g/mol. The summed E-state index contributed by atoms with van der Waals surface area (Å²) < 4.78 is 5.30. The predicted octanol–water partition coefficient (Wildman–Crippen LogP) is 0.597. The van der Waals surface area contributed by atoms with Gasteiger partial charge in [-0.3, -0.25) is 9.69 Å². The number of nitrogens with two attached hydrogens (primary N) is 1. The minimum atomic E-state index is -0.0180. The van der Waals surface area contributed by atoms with E-state index in [2.05, 4.69) is 10.2 Å². The van der Waals surface area contributed by atoms with Gasteiger partial charge in [-0.05, 0) is 30.7 Å². The van der Waals surface area contributed by atoms with Crippen molar-refractivity contribution in [2.75, 3.05) is 39.4 Å². The summed E-state index contributed by atoms with van der Waals surface area (Å²) in [6.45, 7) is 5.84. The van der Waals surface area contributed by atoms with Gasteiger partial charge >= 0.3 is 0 Å². The minimum Gasteiger partial charge on any atom is -0.379 e. The van der Waals surface area contributed by atoms with Crippen LogP contribution in [-0.2, 0) is 11.3 Å². The van der Waals surface area contributed by atoms with Gasteiger partial charge in [-0.25, -0.2) is 0 Å². The monoisotopic (exact) mass is 277 g/mol. The average Bonchev–Trinajstić information content (AvgIpc) is 2.52. The molecular formula is C15H23N3O2. The van der Waals surface area contributed by atoms with E-state index in [9.17, 15) is 4.79 Å². The number of nitrogens with one attached hydrogen (secondary N) is 1. The van der Waals surface area contributed by atoms with Gasteiger partial charge in [0.15, 0.2) is 0 Å². The number of carbonyl (C=O) groups is 1. The molecule has 1 aromatic carbocycles. The standard InChI is InChI=1S/C15H23N3O2/c16-12-13-2-4-14(5-3-13)15(19)17-6-1-7-18-8-10-20-11-9-18/h2-5H,1,6-12,16H2,(H,17,19). The van der Waals surface area contributed by atoms with Gasteiger partial charge in [0.25, 0.3) is 5.91 Å². The van der Waals surface area contributed by atoms with Gasteiger partial charge < -0.3 is 15.8 Å². The van der Waals surface area contributed by atoms with Crippen LogP contribution in [0.4, 0.5) is 0 Å². The van der Waals surface area contributed by atoms with Gasteiger partial charge in [-0.2, -0.15) is 0 Å². The van der Waals surface area contributed by atoms with Crippen molar-refractivity contribution in [2.24, 2.45) is 5.73 Å². The van der Waals surface area contributed by atoms with Crippen molar-refractivity contribution in [3.63, 3.8) is 0 Å². The summed E-state index contributed by atoms with van der Waals surface area (Å²) in [5.41, 5.74) is 7.26. The highest BCUT2D eigenvalue weighted by molar-refractivity contribution is 5.94. The van der Waals surface area contributed by atoms with Crippen LogP contribution in [0.15, 0.2) is 24.3 Å². The van der Waals surface area contributed by atoms with Gasteiger partial charge in [0.05, 0.1) is 13.2 Å². The summed E-state index contributed by atoms with van der Waals surface area (Å²) in [5.74, 6) is -0.0180. The maximum atomic E-state index is 11.9. The number of carbonyl (C=O) groups excluding carboxylic acids is 1. The van der Waals surface area contributed by atoms with E-state index in [1.54, 1.807) is 0 Å². The molecule has 0 aliphatic carbocycles. The van der Waals surface area contributed by atoms with Gasteiger partial charge in [0.2, 0.25) is 0 Å². The van der Waals surface area contributed by atoms with Gasteiger partial charge in [0, 0.05) is 31.7 Å². The Balaban J connectivity index is 1.66. The molecule has 1 amide bonds. The molecule has 2 rings (SSSR count). The first-order valence-electron chi connectivity index (χ1n) is 7.17. The molecule has 1 heterocycles. The van der Waals surface area contributed by atoms with Crippen LogP contribution >= 0.6 is 0 Å². The molecule has 0 atom stereocenters. The molecule has 1 fully saturated rings. The van der Waals surface area contributed by atoms with Crippen molar-refractivity contribution < 1.29 is 9.53 Å². The Hall–Kier alpha value is -1.43. The Morgan fingerprint density at radius 1 is 1.25 bits per heavy atom. The zero-order chi connectivity index (χ0) is 14.2. The maximum Gasteiger partial charge on any atom is 0.251 e. The van der Waals surface area contributed by atoms with E-state index >= 15 is 0 Å². The lowest BCUT2D eigenvalue weighted by molar-refractivity contribution is 0.0374. The third-order valence-electron chi connectivity index (χ3n) is 3.49. The van der Waals surface area contributed by atoms with Crippen LogP contribution in [-0.4, -0.2) is 50.2 Å². The van der Waals surface area contributed by atoms with Crippen molar-refractivity contribution in [3.8, 4) is 0 Å². The van der Waals surface area contributed by atoms with Crippen LogP contribution in [0.5, 0.6) is 0 Å². The molecule has 5 nitrogen and oxygen atoms in total. The Morgan fingerprint density at radius 3 is 2.60 bits per heavy atom. The molecule has 1 saturated heterocycles. The zero-order valence-corrected chi connectivity index (χ0v) is 11.8. The third kappa shape index (κ3) is 4.59. The molecule has 0 unspecified atom stereocenters. The van der Waals surface area contributed by atoms with Gasteiger partial charge in [0.1, 0.15) is 0 Å². The Labute approximate surface area is 120 Å². The van der Waals surface area contributed by atoms with Crippen molar-refractivity contribution in [1.29, 1.82) is 0 Å². The molecule has 1 aliphatic heterocycles. The molecule has 110 valence electrons. The lowest BCUT2D eigenvalue weighted by atomic mass is 10.1. The fourth-order valence-electron chi connectivity index (χ4n) is 2.22. The summed E-state index contributed by atoms with van der Waals surface area (Å²) >= 11 is 0. The van der Waals surface area contributed by atoms with Crippen molar-refractivity contribution >= 4 is 5.91 Å². The minimum absolute atomic E-state index is 0.0180. The number of hydrogen-bond donors (Lipinski definition) is 2. The Kier molecular flexibility index (Phi) is 5.98. The van der Waals surface area contributed by atoms with Crippen molar-refractivity contribution in [1.82, 2.24) is 10.2 Å². The molecule has 5 heteroatoms. The summed E-state index contributed by atoms with van der Waals surface area (Å²) in [6.07, 6.45) is 0.965. The van der Waals surface area contributed by atoms with E-state index in [0.29, 0.717) is 18.7 Å². The molecular weight excluding hydrogens is 254 g/mol. The number of benzene rings is 1. The number of rotatable bonds is 6. The molecule has 1 aliphatic rings. The van der Waals surface area contributed by atoms with Crippen LogP contribution in [0.25, 0.3) is 0 Å². The van der Waals surface area contributed by atoms with Crippen molar-refractivity contribution in [3.05, 3.63) is 35.4 Å². The van der Waals surface area contributed by atoms with E-state index < -0.39 is 0 Å². The maximum absolute atomic E-state index is 11.9. The van der Waals surface area contributed by atoms with Crippen LogP contribution in [0.2, 0.25) is 0 Å². The highest BCUT2D eigenvalue weighted by Crippen LogP contribution is 2.03. The van der Waals surface area contributed by atoms with Crippen molar-refractivity contribution in [2.45, 2.75) is 13.0 Å². The second-order valence-electron chi connectivity index (χ2n) is 4.96. The van der Waals surface area contributed by atoms with E-state index in [1.807, 2.05) is 24.3 Å². The van der Waals surface area contributed by atoms with Crippen LogP contribution in [0.1, 0.15) is 22.3 Å². The molecule has 20 heavy (non-hydrogen) atoms. The molecule has 0 spiro atoms. The van der Waals surface area contributed by atoms with Crippen LogP contribution < -0.4 is 11.1 Å². The number of amides is 1. The van der Waals surface area contributed by atoms with Gasteiger partial charge in [-0.1, -0.05) is 12.1 Å². The molecule has 0 saturated carbocycles. The molecule has 0 radical (unpaired) electrons. The van der Waals surface area contributed by atoms with Crippen LogP contribution in [0, 0.1) is 0 Å². The number of nitrogens with zero attached hydrogens (tertiary/aromatic N) is 1. The zero-order valence-electron chi connectivity index (χ0n) is 11.8. The highest BCUT2D eigenvalue weighted by atomic mass is 16.5. The molecule has 0 bridgehead atoms. The Morgan fingerprint density at radius 2 is 1.95 bits per heavy atom. The second kappa shape index (κ2) is 7.99. The molecule has 0 aromatic heterocycles. The molecule has 3 N–H and O–H groups in total. The first kappa shape index (κ1) is 15.0. The largest absolute Gasteiger partial charge is 0.379 e. The number of morpholine rings is 1. The fourth-order valence-corrected chi connectivity index (χ4v) is 2.22. The second-order valence-corrected chi connectivity index (χ2v) is 4.96. The van der Waals surface area contributed by atoms with E-state index in [-0.39, 0.29) is 5.91 Å². The highest BCUT2D eigenvalue weighted by Gasteiger charge is 2.10. The van der Waals surface area contributed by atoms with E-state index in [0.717, 1.165) is 44.8 Å². The predicted molar refractivity (Wildman–Crippen MR) is 78.5 cm³/mol. The fraction of sp³-hybridized carbons (Fsp3) is 0.533. The van der Waals surface area contributed by atoms with E-state index in [1.165, 1.54) is 0 Å². The summed E-state index contributed by atoms with van der Waals surface area (Å²) in [4.78, 5) is 14.3. The number of hydrogen-bond acceptors (Lipinski definition) is 4. The third-order valence-corrected chi connectivity index (χ3v) is 3.49. The van der Waals surface area contributed by atoms with Crippen LogP contribution in [0.3, 0.4) is 0 Å². The summed E-state index contributed by atoms with van der Waals surface area (Å²) in [6, 6.07) is 7.42. The SMILES string of the molecule is NCc1ccc(C(=O)NCCCN2CCOCC2)cc1. The Bertz CT molecular complexity index is 414. The normalized spacial score (nSPS) is 16.1.